The van der Waals surface area contributed by atoms with Crippen LogP contribution in [0.3, 0.4) is 0 Å². The lowest BCUT2D eigenvalue weighted by Gasteiger charge is -2.23. The Bertz CT molecular complexity index is 1380. The molecule has 210 valence electrons. The Kier molecular flexibility index (Phi) is 11.1. The van der Waals surface area contributed by atoms with Gasteiger partial charge in [-0.15, -0.1) is 0 Å². The number of carbonyl (C=O) groups excluding carboxylic acids is 3. The molecule has 40 heavy (non-hydrogen) atoms. The van der Waals surface area contributed by atoms with Gasteiger partial charge >= 0.3 is 12.0 Å². The summed E-state index contributed by atoms with van der Waals surface area (Å²) in [5.41, 5.74) is 3.46. The molecule has 0 saturated carbocycles. The summed E-state index contributed by atoms with van der Waals surface area (Å²) in [7, 11) is 1.46. The lowest BCUT2D eigenvalue weighted by atomic mass is 10.1. The summed E-state index contributed by atoms with van der Waals surface area (Å²) in [6, 6.07) is 19.2. The van der Waals surface area contributed by atoms with Crippen molar-refractivity contribution in [3.8, 4) is 5.75 Å². The Labute approximate surface area is 240 Å². The van der Waals surface area contributed by atoms with E-state index in [9.17, 15) is 19.2 Å². The van der Waals surface area contributed by atoms with E-state index in [0.717, 1.165) is 15.6 Å². The number of methoxy groups -OCH3 is 1. The molecular formula is C29H31BrN4O6. The van der Waals surface area contributed by atoms with Crippen molar-refractivity contribution in [2.75, 3.05) is 30.8 Å². The topological polar surface area (TPSA) is 137 Å². The second-order valence-corrected chi connectivity index (χ2v) is 9.79. The van der Waals surface area contributed by atoms with Gasteiger partial charge in [0.05, 0.1) is 32.2 Å². The number of nitrogens with one attached hydrogen (secondary N) is 3. The van der Waals surface area contributed by atoms with Crippen LogP contribution in [0.2, 0.25) is 0 Å². The van der Waals surface area contributed by atoms with Gasteiger partial charge in [0.25, 0.3) is 0 Å². The highest BCUT2D eigenvalue weighted by Gasteiger charge is 2.18. The fraction of sp³-hybridized carbons (Fsp3) is 0.241. The van der Waals surface area contributed by atoms with Crippen molar-refractivity contribution in [3.05, 3.63) is 87.9 Å². The maximum Gasteiger partial charge on any atom is 0.323 e. The first kappa shape index (κ1) is 30.2. The highest BCUT2D eigenvalue weighted by atomic mass is 79.9. The molecule has 4 N–H and O–H groups in total. The predicted molar refractivity (Wildman–Crippen MR) is 155 cm³/mol. The van der Waals surface area contributed by atoms with Crippen LogP contribution in [-0.2, 0) is 27.3 Å². The summed E-state index contributed by atoms with van der Waals surface area (Å²) in [6.07, 6.45) is -0.244. The molecule has 0 aromatic heterocycles. The smallest absolute Gasteiger partial charge is 0.323 e. The van der Waals surface area contributed by atoms with E-state index < -0.39 is 23.8 Å². The van der Waals surface area contributed by atoms with Gasteiger partial charge in [0, 0.05) is 23.2 Å². The van der Waals surface area contributed by atoms with Gasteiger partial charge < -0.3 is 30.7 Å². The second kappa shape index (κ2) is 14.7. The Morgan fingerprint density at radius 2 is 1.65 bits per heavy atom. The van der Waals surface area contributed by atoms with E-state index in [2.05, 4.69) is 31.9 Å². The van der Waals surface area contributed by atoms with Crippen LogP contribution in [0.25, 0.3) is 0 Å². The molecule has 0 bridgehead atoms. The third-order valence-corrected chi connectivity index (χ3v) is 6.75. The van der Waals surface area contributed by atoms with Crippen LogP contribution in [0, 0.1) is 6.92 Å². The summed E-state index contributed by atoms with van der Waals surface area (Å²) in [5, 5.41) is 17.2. The molecule has 0 saturated heterocycles. The van der Waals surface area contributed by atoms with Crippen LogP contribution < -0.4 is 20.7 Å². The van der Waals surface area contributed by atoms with Gasteiger partial charge in [-0.1, -0.05) is 58.4 Å². The number of carboxylic acid groups (broad SMARTS) is 1. The summed E-state index contributed by atoms with van der Waals surface area (Å²) < 4.78 is 6.20. The van der Waals surface area contributed by atoms with Crippen LogP contribution in [-0.4, -0.2) is 54.0 Å². The second-order valence-electron chi connectivity index (χ2n) is 8.93. The maximum absolute atomic E-state index is 12.9. The van der Waals surface area contributed by atoms with Gasteiger partial charge in [0.1, 0.15) is 5.75 Å². The van der Waals surface area contributed by atoms with Gasteiger partial charge in [0.15, 0.2) is 0 Å². The number of aryl methyl sites for hydroxylation is 1. The summed E-state index contributed by atoms with van der Waals surface area (Å²) in [4.78, 5) is 50.4. The van der Waals surface area contributed by atoms with E-state index in [0.29, 0.717) is 22.7 Å². The number of halogens is 1. The number of para-hydroxylation sites is 1. The molecule has 0 aliphatic rings. The van der Waals surface area contributed by atoms with Crippen LogP contribution in [0.15, 0.2) is 71.2 Å². The number of anilines is 2. The number of amides is 4. The van der Waals surface area contributed by atoms with E-state index in [4.69, 9.17) is 9.84 Å². The number of rotatable bonds is 12. The molecule has 0 aliphatic carbocycles. The molecule has 0 unspecified atom stereocenters. The zero-order valence-electron chi connectivity index (χ0n) is 22.2. The van der Waals surface area contributed by atoms with Crippen molar-refractivity contribution in [2.45, 2.75) is 26.3 Å². The SMILES string of the molecule is COc1cc(CC(=O)NCC(=O)N(CCC(=O)O)Cc2ccccc2Br)ccc1NC(=O)Nc1ccccc1C. The fourth-order valence-electron chi connectivity index (χ4n) is 3.83. The lowest BCUT2D eigenvalue weighted by Crippen LogP contribution is -2.41. The van der Waals surface area contributed by atoms with E-state index in [1.54, 1.807) is 24.3 Å². The maximum atomic E-state index is 12.9. The van der Waals surface area contributed by atoms with Crippen molar-refractivity contribution in [1.29, 1.82) is 0 Å². The van der Waals surface area contributed by atoms with Gasteiger partial charge in [-0.05, 0) is 47.9 Å². The quantitative estimate of drug-likeness (QED) is 0.237. The third kappa shape index (κ3) is 9.12. The summed E-state index contributed by atoms with van der Waals surface area (Å²) in [5.74, 6) is -1.45. The standard InChI is InChI=1S/C29H31BrN4O6/c1-19-7-3-6-10-23(19)32-29(39)33-24-12-11-20(15-25(24)40-2)16-26(35)31-17-27(36)34(14-13-28(37)38)18-21-8-4-5-9-22(21)30/h3-12,15H,13-14,16-18H2,1-2H3,(H,31,35)(H,37,38)(H2,32,33,39). The fourth-order valence-corrected chi connectivity index (χ4v) is 4.24. The predicted octanol–water partition coefficient (Wildman–Crippen LogP) is 4.57. The Hall–Kier alpha value is -4.38. The monoisotopic (exact) mass is 610 g/mol. The minimum absolute atomic E-state index is 0.00838. The summed E-state index contributed by atoms with van der Waals surface area (Å²) in [6.45, 7) is 1.82. The number of carbonyl (C=O) groups is 4. The number of carboxylic acids is 1. The molecule has 0 heterocycles. The first-order valence-corrected chi connectivity index (χ1v) is 13.3. The van der Waals surface area contributed by atoms with Crippen LogP contribution in [0.1, 0.15) is 23.1 Å². The van der Waals surface area contributed by atoms with Crippen molar-refractivity contribution in [2.24, 2.45) is 0 Å². The highest BCUT2D eigenvalue weighted by Crippen LogP contribution is 2.26. The molecule has 3 aromatic rings. The number of hydrogen-bond donors (Lipinski definition) is 4. The van der Waals surface area contributed by atoms with Gasteiger partial charge in [-0.3, -0.25) is 14.4 Å². The molecule has 3 rings (SSSR count). The minimum atomic E-state index is -1.02. The van der Waals surface area contributed by atoms with Crippen LogP contribution in [0.4, 0.5) is 16.2 Å². The number of benzene rings is 3. The average Bonchev–Trinajstić information content (AvgIpc) is 2.92. The molecule has 4 amide bonds. The number of hydrogen-bond acceptors (Lipinski definition) is 5. The number of aliphatic carboxylic acids is 1. The first-order valence-electron chi connectivity index (χ1n) is 12.5. The average molecular weight is 611 g/mol. The third-order valence-electron chi connectivity index (χ3n) is 5.98. The molecule has 3 aromatic carbocycles. The van der Waals surface area contributed by atoms with Crippen molar-refractivity contribution >= 4 is 51.1 Å². The van der Waals surface area contributed by atoms with Crippen molar-refractivity contribution < 1.29 is 29.0 Å². The van der Waals surface area contributed by atoms with E-state index in [-0.39, 0.29) is 32.5 Å². The minimum Gasteiger partial charge on any atom is -0.495 e. The number of nitrogens with zero attached hydrogens (tertiary/aromatic N) is 1. The number of urea groups is 1. The normalized spacial score (nSPS) is 10.4. The van der Waals surface area contributed by atoms with Crippen molar-refractivity contribution in [3.63, 3.8) is 0 Å². The molecule has 10 nitrogen and oxygen atoms in total. The molecule has 11 heteroatoms. The Balaban J connectivity index is 1.57. The zero-order chi connectivity index (χ0) is 29.1. The Morgan fingerprint density at radius 1 is 0.950 bits per heavy atom. The van der Waals surface area contributed by atoms with Crippen LogP contribution >= 0.6 is 15.9 Å². The lowest BCUT2D eigenvalue weighted by molar-refractivity contribution is -0.139. The zero-order valence-corrected chi connectivity index (χ0v) is 23.8. The van der Waals surface area contributed by atoms with E-state index in [1.165, 1.54) is 12.0 Å². The Morgan fingerprint density at radius 3 is 2.35 bits per heavy atom. The molecular weight excluding hydrogens is 580 g/mol. The van der Waals surface area contributed by atoms with Gasteiger partial charge in [-0.25, -0.2) is 4.79 Å². The van der Waals surface area contributed by atoms with Crippen molar-refractivity contribution in [1.82, 2.24) is 10.2 Å². The summed E-state index contributed by atoms with van der Waals surface area (Å²) >= 11 is 3.44. The number of ether oxygens (including phenoxy) is 1. The van der Waals surface area contributed by atoms with Gasteiger partial charge in [0.2, 0.25) is 11.8 Å². The van der Waals surface area contributed by atoms with E-state index in [1.807, 2.05) is 49.4 Å². The van der Waals surface area contributed by atoms with Gasteiger partial charge in [-0.2, -0.15) is 0 Å². The van der Waals surface area contributed by atoms with E-state index >= 15 is 0 Å². The molecule has 0 atom stereocenters. The molecule has 0 spiro atoms. The molecule has 0 aliphatic heterocycles. The largest absolute Gasteiger partial charge is 0.495 e. The molecule has 0 fully saturated rings. The first-order chi connectivity index (χ1) is 19.2. The highest BCUT2D eigenvalue weighted by molar-refractivity contribution is 9.10. The van der Waals surface area contributed by atoms with Crippen LogP contribution in [0.5, 0.6) is 5.75 Å². The molecule has 0 radical (unpaired) electrons.